The number of benzene rings is 2. The topological polar surface area (TPSA) is 147 Å². The second-order valence-corrected chi connectivity index (χ2v) is 14.2. The van der Waals surface area contributed by atoms with E-state index in [2.05, 4.69) is 133 Å². The monoisotopic (exact) mass is 734 g/mol. The average molecular weight is 735 g/mol. The molecule has 0 spiro atoms. The van der Waals surface area contributed by atoms with Gasteiger partial charge >= 0.3 is 67.8 Å². The van der Waals surface area contributed by atoms with E-state index in [1.54, 1.807) is 0 Å². The number of hydrogen-bond donors (Lipinski definition) is 0. The van der Waals surface area contributed by atoms with Gasteiger partial charge in [0, 0.05) is 40.2 Å². The molecule has 2 saturated heterocycles. The Bertz CT molecular complexity index is 1110. The van der Waals surface area contributed by atoms with E-state index in [1.165, 1.54) is 10.4 Å². The summed E-state index contributed by atoms with van der Waals surface area (Å²) >= 11 is 0. The van der Waals surface area contributed by atoms with Crippen LogP contribution in [0.15, 0.2) is 60.7 Å². The van der Waals surface area contributed by atoms with Gasteiger partial charge in [-0.15, -0.1) is 0 Å². The smallest absolute Gasteiger partial charge is 0 e. The van der Waals surface area contributed by atoms with E-state index in [9.17, 15) is 0 Å². The molecular formula is C34H36Co2O9Si. The Morgan fingerprint density at radius 1 is 0.696 bits per heavy atom. The van der Waals surface area contributed by atoms with Crippen LogP contribution >= 0.6 is 0 Å². The summed E-state index contributed by atoms with van der Waals surface area (Å²) in [6.07, 6.45) is 5.77. The molecule has 9 nitrogen and oxygen atoms in total. The van der Waals surface area contributed by atoms with E-state index in [1.807, 2.05) is 0 Å². The fraction of sp³-hybridized carbons (Fsp3) is 0.412. The van der Waals surface area contributed by atoms with Crippen molar-refractivity contribution in [2.75, 3.05) is 13.2 Å². The van der Waals surface area contributed by atoms with Gasteiger partial charge in [-0.25, -0.2) is 0 Å². The summed E-state index contributed by atoms with van der Waals surface area (Å²) in [5.74, 6) is 6.73. The Morgan fingerprint density at radius 3 is 1.57 bits per heavy atom. The maximum absolute atomic E-state index is 7.50. The van der Waals surface area contributed by atoms with Gasteiger partial charge < -0.3 is 13.9 Å². The quantitative estimate of drug-likeness (QED) is 0.198. The van der Waals surface area contributed by atoms with Crippen LogP contribution in [0.3, 0.4) is 0 Å². The van der Waals surface area contributed by atoms with E-state index >= 15 is 0 Å². The second-order valence-electron chi connectivity index (χ2n) is 9.92. The van der Waals surface area contributed by atoms with Crippen LogP contribution in [-0.4, -0.2) is 39.8 Å². The molecule has 2 fully saturated rings. The molecule has 46 heavy (non-hydrogen) atoms. The normalized spacial score (nSPS) is 17.0. The Hall–Kier alpha value is -2.45. The van der Waals surface area contributed by atoms with Gasteiger partial charge in [0.2, 0.25) is 0 Å². The van der Waals surface area contributed by atoms with Crippen LogP contribution in [0.5, 0.6) is 0 Å². The molecule has 0 unspecified atom stereocenters. The minimum atomic E-state index is -2.54. The summed E-state index contributed by atoms with van der Waals surface area (Å²) in [6.45, 7) is 35.2. The molecular weight excluding hydrogens is 698 g/mol. The van der Waals surface area contributed by atoms with Crippen molar-refractivity contribution in [2.24, 2.45) is 0 Å². The van der Waals surface area contributed by atoms with E-state index in [0.717, 1.165) is 38.7 Å². The third kappa shape index (κ3) is 16.9. The summed E-state index contributed by atoms with van der Waals surface area (Å²) in [7, 11) is -2.54. The minimum Gasteiger partial charge on any atom is 0 e. The van der Waals surface area contributed by atoms with Gasteiger partial charge in [-0.1, -0.05) is 93.3 Å². The summed E-state index contributed by atoms with van der Waals surface area (Å²) in [5.41, 5.74) is 0. The number of rotatable bonds is 4. The molecule has 2 radical (unpaired) electrons. The molecule has 0 N–H and O–H groups in total. The van der Waals surface area contributed by atoms with Crippen molar-refractivity contribution < 1.29 is 75.4 Å². The van der Waals surface area contributed by atoms with E-state index in [4.69, 9.17) is 41.8 Å². The van der Waals surface area contributed by atoms with Crippen molar-refractivity contribution >= 4 is 18.7 Å². The number of fused-ring (bicyclic) bond motifs is 1. The van der Waals surface area contributed by atoms with Crippen LogP contribution in [0.2, 0.25) is 5.04 Å². The van der Waals surface area contributed by atoms with Gasteiger partial charge in [-0.05, 0) is 47.5 Å². The van der Waals surface area contributed by atoms with Gasteiger partial charge in [0.1, 0.15) is 6.10 Å². The van der Waals surface area contributed by atoms with Crippen LogP contribution in [0.25, 0.3) is 0 Å². The Morgan fingerprint density at radius 2 is 1.13 bits per heavy atom. The summed E-state index contributed by atoms with van der Waals surface area (Å²) in [4.78, 5) is 0. The van der Waals surface area contributed by atoms with Crippen LogP contribution < -0.4 is 10.4 Å². The third-order valence-electron chi connectivity index (χ3n) is 6.71. The van der Waals surface area contributed by atoms with Crippen LogP contribution in [-0.2, 0) is 75.4 Å². The van der Waals surface area contributed by atoms with Crippen molar-refractivity contribution in [1.29, 1.82) is 0 Å². The van der Waals surface area contributed by atoms with Crippen molar-refractivity contribution in [3.8, 4) is 11.8 Å². The zero-order valence-corrected chi connectivity index (χ0v) is 28.9. The van der Waals surface area contributed by atoms with Gasteiger partial charge in [0.15, 0.2) is 0 Å². The fourth-order valence-electron chi connectivity index (χ4n) is 5.19. The zero-order chi connectivity index (χ0) is 34.4. The van der Waals surface area contributed by atoms with Crippen molar-refractivity contribution in [3.63, 3.8) is 0 Å². The Labute approximate surface area is 294 Å². The third-order valence-corrected chi connectivity index (χ3v) is 11.7. The van der Waals surface area contributed by atoms with E-state index < -0.39 is 8.32 Å². The molecule has 0 aliphatic carbocycles. The average Bonchev–Trinajstić information content (AvgIpc) is 3.32. The van der Waals surface area contributed by atoms with Crippen LogP contribution in [0.4, 0.5) is 0 Å². The van der Waals surface area contributed by atoms with Crippen molar-refractivity contribution in [1.82, 2.24) is 0 Å². The van der Waals surface area contributed by atoms with Gasteiger partial charge in [0.25, 0.3) is 8.32 Å². The summed E-state index contributed by atoms with van der Waals surface area (Å²) in [6, 6.07) is 21.5. The first-order valence-electron chi connectivity index (χ1n) is 13.2. The molecule has 4 rings (SSSR count). The molecule has 0 amide bonds. The molecule has 2 aliphatic rings. The fourth-order valence-corrected chi connectivity index (χ4v) is 9.63. The molecule has 3 atom stereocenters. The largest absolute Gasteiger partial charge is 0 e. The van der Waals surface area contributed by atoms with E-state index in [0.29, 0.717) is 6.61 Å². The van der Waals surface area contributed by atoms with E-state index in [-0.39, 0.29) is 56.9 Å². The first-order valence-corrected chi connectivity index (χ1v) is 15.1. The van der Waals surface area contributed by atoms with Crippen molar-refractivity contribution in [3.05, 3.63) is 101 Å². The van der Waals surface area contributed by atoms with Crippen LogP contribution in [0, 0.1) is 51.7 Å². The Kier molecular flexibility index (Phi) is 39.1. The van der Waals surface area contributed by atoms with Gasteiger partial charge in [0.05, 0.1) is 18.8 Å². The number of hydrogen-bond acceptors (Lipinski definition) is 3. The van der Waals surface area contributed by atoms with Crippen LogP contribution in [0.1, 0.15) is 52.9 Å². The predicted octanol–water partition coefficient (Wildman–Crippen LogP) is 4.45. The van der Waals surface area contributed by atoms with Crippen molar-refractivity contribution in [2.45, 2.75) is 76.2 Å². The second kappa shape index (κ2) is 33.9. The molecule has 0 aromatic heterocycles. The standard InChI is InChI=1S/C28H36O3Si.6CO.2Co/c1-28(2,3)32(24-15-6-4-7-16-24,25-17-8-5-9-18-25)30-22-11-14-23-13-10-19-26-27(31-23)20-12-21-29-26;6*1-2;;/h4-9,15-18,23,26-27H,10,12-13,19-22H2,1-3H3;;;;;;;;/t23-,26-,27+;;;;;;;;/m0......../s1. The number of ether oxygens (including phenoxy) is 2. The summed E-state index contributed by atoms with van der Waals surface area (Å²) in [5, 5.41) is 2.53. The zero-order valence-electron chi connectivity index (χ0n) is 25.8. The molecule has 2 aliphatic heterocycles. The first-order chi connectivity index (χ1) is 21.5. The maximum Gasteiger partial charge on any atom is 0 e. The van der Waals surface area contributed by atoms with Gasteiger partial charge in [-0.3, -0.25) is 0 Å². The molecule has 2 heterocycles. The molecule has 0 saturated carbocycles. The molecule has 2 aromatic carbocycles. The molecule has 12 heteroatoms. The minimum absolute atomic E-state index is 0. The maximum atomic E-state index is 7.50. The molecule has 2 aromatic rings. The summed E-state index contributed by atoms with van der Waals surface area (Å²) < 4.78 is 64.1. The first kappa shape index (κ1) is 53.1. The molecule has 0 bridgehead atoms. The SMILES string of the molecule is CC(C)(C)[Si](OCC#C[C@@H]1CCC[C@@H]2OCCC[C@H]2O1)(c1ccccc1)c1ccccc1.[C-]#[O+].[C-]#[O+].[C-]#[O+].[C-]#[O+].[C-]#[O+].[C-]#[O+].[Co].[Co]. The predicted molar refractivity (Wildman–Crippen MR) is 156 cm³/mol. The Balaban J connectivity index is -0.000000360. The van der Waals surface area contributed by atoms with Gasteiger partial charge in [-0.2, -0.15) is 0 Å². The molecule has 248 valence electrons.